The first-order chi connectivity index (χ1) is 11.5. The summed E-state index contributed by atoms with van der Waals surface area (Å²) in [5.74, 6) is -1.45. The van der Waals surface area contributed by atoms with E-state index in [0.717, 1.165) is 24.3 Å². The molecule has 0 spiro atoms. The number of piperidine rings is 1. The minimum atomic E-state index is -4.84. The molecule has 0 radical (unpaired) electrons. The largest absolute Gasteiger partial charge is 0.573 e. The van der Waals surface area contributed by atoms with Gasteiger partial charge in [0.1, 0.15) is 5.75 Å². The van der Waals surface area contributed by atoms with Gasteiger partial charge in [0.25, 0.3) is 0 Å². The first kappa shape index (κ1) is 19.5. The topological polar surface area (TPSA) is 95.9 Å². The molecule has 1 heterocycles. The van der Waals surface area contributed by atoms with Crippen molar-refractivity contribution in [3.8, 4) is 5.75 Å². The number of rotatable bonds is 6. The Morgan fingerprint density at radius 2 is 1.80 bits per heavy atom. The van der Waals surface area contributed by atoms with Gasteiger partial charge in [0.15, 0.2) is 0 Å². The van der Waals surface area contributed by atoms with Crippen molar-refractivity contribution in [1.29, 1.82) is 0 Å². The Hall–Kier alpha value is -1.85. The molecule has 0 aliphatic carbocycles. The molecule has 0 unspecified atom stereocenters. The number of ether oxygens (including phenoxy) is 1. The van der Waals surface area contributed by atoms with Crippen molar-refractivity contribution in [2.75, 3.05) is 19.6 Å². The zero-order valence-corrected chi connectivity index (χ0v) is 13.8. The Kier molecular flexibility index (Phi) is 5.91. The van der Waals surface area contributed by atoms with Crippen molar-refractivity contribution in [3.05, 3.63) is 24.3 Å². The third-order valence-corrected chi connectivity index (χ3v) is 5.17. The summed E-state index contributed by atoms with van der Waals surface area (Å²) in [6.45, 7) is 0.788. The number of alkyl halides is 3. The highest BCUT2D eigenvalue weighted by Gasteiger charge is 2.31. The smallest absolute Gasteiger partial charge is 0.480 e. The number of carboxylic acids is 1. The van der Waals surface area contributed by atoms with E-state index in [0.29, 0.717) is 25.9 Å². The van der Waals surface area contributed by atoms with Crippen molar-refractivity contribution in [1.82, 2.24) is 9.62 Å². The number of likely N-dealkylation sites (tertiary alicyclic amines) is 1. The molecule has 1 aromatic carbocycles. The van der Waals surface area contributed by atoms with E-state index in [1.165, 1.54) is 0 Å². The second-order valence-electron chi connectivity index (χ2n) is 5.58. The summed E-state index contributed by atoms with van der Waals surface area (Å²) in [5, 5.41) is 8.73. The highest BCUT2D eigenvalue weighted by atomic mass is 32.2. The van der Waals surface area contributed by atoms with Crippen LogP contribution in [0.3, 0.4) is 0 Å². The van der Waals surface area contributed by atoms with Crippen LogP contribution >= 0.6 is 0 Å². The fourth-order valence-electron chi connectivity index (χ4n) is 2.51. The molecule has 2 rings (SSSR count). The molecule has 1 saturated heterocycles. The number of hydrogen-bond acceptors (Lipinski definition) is 5. The molecule has 0 bridgehead atoms. The molecule has 1 fully saturated rings. The summed E-state index contributed by atoms with van der Waals surface area (Å²) in [6, 6.07) is 3.56. The second kappa shape index (κ2) is 7.58. The number of hydrogen-bond donors (Lipinski definition) is 2. The molecule has 1 aliphatic rings. The number of nitrogens with zero attached hydrogens (tertiary/aromatic N) is 1. The van der Waals surface area contributed by atoms with Gasteiger partial charge in [0.2, 0.25) is 10.0 Å². The molecule has 0 saturated carbocycles. The zero-order chi connectivity index (χ0) is 18.7. The summed E-state index contributed by atoms with van der Waals surface area (Å²) in [5.41, 5.74) is 0. The van der Waals surface area contributed by atoms with Gasteiger partial charge in [-0.05, 0) is 37.1 Å². The van der Waals surface area contributed by atoms with Crippen molar-refractivity contribution in [2.45, 2.75) is 30.1 Å². The van der Waals surface area contributed by atoms with E-state index in [2.05, 4.69) is 9.46 Å². The SMILES string of the molecule is O=C(O)CN1CCC(NS(=O)(=O)c2ccc(OC(F)(F)F)cc2)CC1. The van der Waals surface area contributed by atoms with Gasteiger partial charge >= 0.3 is 12.3 Å². The Morgan fingerprint density at radius 3 is 2.28 bits per heavy atom. The molecule has 0 aromatic heterocycles. The Balaban J connectivity index is 1.94. The molecular formula is C14H17F3N2O5S. The van der Waals surface area contributed by atoms with Gasteiger partial charge in [-0.1, -0.05) is 0 Å². The van der Waals surface area contributed by atoms with Crippen LogP contribution in [0.15, 0.2) is 29.2 Å². The van der Waals surface area contributed by atoms with Gasteiger partial charge in [-0.25, -0.2) is 13.1 Å². The number of benzene rings is 1. The zero-order valence-electron chi connectivity index (χ0n) is 13.0. The maximum Gasteiger partial charge on any atom is 0.573 e. The number of sulfonamides is 1. The highest BCUT2D eigenvalue weighted by molar-refractivity contribution is 7.89. The predicted molar refractivity (Wildman–Crippen MR) is 80.5 cm³/mol. The molecule has 25 heavy (non-hydrogen) atoms. The second-order valence-corrected chi connectivity index (χ2v) is 7.30. The molecule has 0 atom stereocenters. The predicted octanol–water partition coefficient (Wildman–Crippen LogP) is 1.41. The average Bonchev–Trinajstić information content (AvgIpc) is 2.47. The first-order valence-electron chi connectivity index (χ1n) is 7.37. The van der Waals surface area contributed by atoms with Crippen LogP contribution in [0.4, 0.5) is 13.2 Å². The molecule has 0 amide bonds. The van der Waals surface area contributed by atoms with E-state index in [1.807, 2.05) is 0 Å². The van der Waals surface area contributed by atoms with Gasteiger partial charge in [0.05, 0.1) is 11.4 Å². The number of aliphatic carboxylic acids is 1. The average molecular weight is 382 g/mol. The highest BCUT2D eigenvalue weighted by Crippen LogP contribution is 2.24. The van der Waals surface area contributed by atoms with Crippen LogP contribution in [0.2, 0.25) is 0 Å². The van der Waals surface area contributed by atoms with Gasteiger partial charge in [-0.2, -0.15) is 0 Å². The van der Waals surface area contributed by atoms with E-state index in [4.69, 9.17) is 5.11 Å². The minimum absolute atomic E-state index is 0.0971. The molecule has 7 nitrogen and oxygen atoms in total. The van der Waals surface area contributed by atoms with Gasteiger partial charge in [-0.15, -0.1) is 13.2 Å². The van der Waals surface area contributed by atoms with E-state index in [9.17, 15) is 26.4 Å². The normalized spacial score (nSPS) is 17.4. The Morgan fingerprint density at radius 1 is 1.24 bits per heavy atom. The molecular weight excluding hydrogens is 365 g/mol. The number of carboxylic acid groups (broad SMARTS) is 1. The van der Waals surface area contributed by atoms with E-state index in [1.54, 1.807) is 4.90 Å². The van der Waals surface area contributed by atoms with E-state index in [-0.39, 0.29) is 17.5 Å². The van der Waals surface area contributed by atoms with Crippen molar-refractivity contribution in [2.24, 2.45) is 0 Å². The standard InChI is InChI=1S/C14H17F3N2O5S/c15-14(16,17)24-11-1-3-12(4-2-11)25(22,23)18-10-5-7-19(8-6-10)9-13(20)21/h1-4,10,18H,5-9H2,(H,20,21). The molecule has 2 N–H and O–H groups in total. The van der Waals surface area contributed by atoms with Crippen LogP contribution in [0.1, 0.15) is 12.8 Å². The third kappa shape index (κ3) is 6.18. The number of carbonyl (C=O) groups is 1. The summed E-state index contributed by atoms with van der Waals surface area (Å²) < 4.78 is 67.0. The van der Waals surface area contributed by atoms with Gasteiger partial charge < -0.3 is 9.84 Å². The van der Waals surface area contributed by atoms with Gasteiger partial charge in [-0.3, -0.25) is 9.69 Å². The van der Waals surface area contributed by atoms with Crippen molar-refractivity contribution in [3.63, 3.8) is 0 Å². The molecule has 140 valence electrons. The number of halogens is 3. The van der Waals surface area contributed by atoms with Crippen LogP contribution in [0, 0.1) is 0 Å². The lowest BCUT2D eigenvalue weighted by molar-refractivity contribution is -0.274. The Bertz CT molecular complexity index is 698. The lowest BCUT2D eigenvalue weighted by Gasteiger charge is -2.31. The number of nitrogens with one attached hydrogen (secondary N) is 1. The molecule has 1 aliphatic heterocycles. The van der Waals surface area contributed by atoms with Crippen molar-refractivity contribution < 1.29 is 36.2 Å². The fourth-order valence-corrected chi connectivity index (χ4v) is 3.81. The lowest BCUT2D eigenvalue weighted by Crippen LogP contribution is -2.45. The van der Waals surface area contributed by atoms with Crippen LogP contribution in [-0.4, -0.2) is 56.4 Å². The fraction of sp³-hybridized carbons (Fsp3) is 0.500. The Labute approximate surface area is 142 Å². The van der Waals surface area contributed by atoms with Crippen LogP contribution in [0.25, 0.3) is 0 Å². The molecule has 1 aromatic rings. The third-order valence-electron chi connectivity index (χ3n) is 3.64. The monoisotopic (exact) mass is 382 g/mol. The van der Waals surface area contributed by atoms with Crippen LogP contribution < -0.4 is 9.46 Å². The summed E-state index contributed by atoms with van der Waals surface area (Å²) in [7, 11) is -3.88. The first-order valence-corrected chi connectivity index (χ1v) is 8.86. The van der Waals surface area contributed by atoms with Gasteiger partial charge in [0, 0.05) is 19.1 Å². The summed E-state index contributed by atoms with van der Waals surface area (Å²) in [4.78, 5) is 12.2. The van der Waals surface area contributed by atoms with Crippen molar-refractivity contribution >= 4 is 16.0 Å². The summed E-state index contributed by atoms with van der Waals surface area (Å²) in [6.07, 6.45) is -3.95. The maximum atomic E-state index is 12.3. The quantitative estimate of drug-likeness (QED) is 0.773. The lowest BCUT2D eigenvalue weighted by atomic mass is 10.1. The summed E-state index contributed by atoms with van der Waals surface area (Å²) >= 11 is 0. The van der Waals surface area contributed by atoms with Crippen LogP contribution in [-0.2, 0) is 14.8 Å². The van der Waals surface area contributed by atoms with Crippen LogP contribution in [0.5, 0.6) is 5.75 Å². The van der Waals surface area contributed by atoms with E-state index < -0.39 is 28.1 Å². The minimum Gasteiger partial charge on any atom is -0.480 e. The molecule has 11 heteroatoms. The van der Waals surface area contributed by atoms with E-state index >= 15 is 0 Å². The maximum absolute atomic E-state index is 12.3.